The maximum atomic E-state index is 5.92. The van der Waals surface area contributed by atoms with Crippen molar-refractivity contribution in [3.8, 4) is 11.3 Å². The number of halogens is 1. The number of aromatic nitrogens is 2. The van der Waals surface area contributed by atoms with Gasteiger partial charge in [-0.25, -0.2) is 4.98 Å². The lowest BCUT2D eigenvalue weighted by atomic mass is 10.1. The maximum Gasteiger partial charge on any atom is 0.0900 e. The van der Waals surface area contributed by atoms with Gasteiger partial charge in [0, 0.05) is 10.6 Å². The Balaban J connectivity index is 1.92. The maximum absolute atomic E-state index is 5.92. The van der Waals surface area contributed by atoms with E-state index in [1.54, 1.807) is 6.20 Å². The molecule has 0 bridgehead atoms. The van der Waals surface area contributed by atoms with Crippen LogP contribution in [0.25, 0.3) is 33.1 Å². The fourth-order valence-electron chi connectivity index (χ4n) is 2.46. The van der Waals surface area contributed by atoms with Crippen molar-refractivity contribution in [3.05, 3.63) is 71.9 Å². The SMILES string of the molecule is Clc1ccc(-c2cnc3cc4ccccc4cc3n2)cc1. The van der Waals surface area contributed by atoms with Crippen molar-refractivity contribution >= 4 is 33.4 Å². The molecule has 3 heteroatoms. The number of hydrogen-bond acceptors (Lipinski definition) is 2. The van der Waals surface area contributed by atoms with Gasteiger partial charge in [0.05, 0.1) is 22.9 Å². The van der Waals surface area contributed by atoms with Gasteiger partial charge in [0.25, 0.3) is 0 Å². The average Bonchev–Trinajstić information content (AvgIpc) is 2.53. The fraction of sp³-hybridized carbons (Fsp3) is 0. The van der Waals surface area contributed by atoms with Crippen LogP contribution in [-0.4, -0.2) is 9.97 Å². The zero-order valence-corrected chi connectivity index (χ0v) is 11.9. The third-order valence-electron chi connectivity index (χ3n) is 3.55. The first-order valence-electron chi connectivity index (χ1n) is 6.71. The number of hydrogen-bond donors (Lipinski definition) is 0. The Morgan fingerprint density at radius 1 is 0.762 bits per heavy atom. The van der Waals surface area contributed by atoms with E-state index in [1.807, 2.05) is 36.4 Å². The minimum Gasteiger partial charge on any atom is -0.252 e. The van der Waals surface area contributed by atoms with E-state index < -0.39 is 0 Å². The van der Waals surface area contributed by atoms with E-state index in [0.717, 1.165) is 27.3 Å². The molecule has 0 saturated carbocycles. The molecule has 0 aliphatic rings. The van der Waals surface area contributed by atoms with Crippen molar-refractivity contribution in [2.75, 3.05) is 0 Å². The molecule has 4 rings (SSSR count). The summed E-state index contributed by atoms with van der Waals surface area (Å²) in [6.45, 7) is 0. The highest BCUT2D eigenvalue weighted by atomic mass is 35.5. The van der Waals surface area contributed by atoms with Crippen molar-refractivity contribution in [1.29, 1.82) is 0 Å². The summed E-state index contributed by atoms with van der Waals surface area (Å²) >= 11 is 5.92. The Hall–Kier alpha value is -2.45. The summed E-state index contributed by atoms with van der Waals surface area (Å²) in [6, 6.07) is 20.0. The van der Waals surface area contributed by atoms with Gasteiger partial charge in [0.15, 0.2) is 0 Å². The van der Waals surface area contributed by atoms with E-state index in [0.29, 0.717) is 0 Å². The van der Waals surface area contributed by atoms with E-state index >= 15 is 0 Å². The smallest absolute Gasteiger partial charge is 0.0900 e. The molecule has 1 aromatic heterocycles. The second-order valence-corrected chi connectivity index (χ2v) is 5.39. The Bertz CT molecular complexity index is 946. The first-order chi connectivity index (χ1) is 10.3. The zero-order valence-electron chi connectivity index (χ0n) is 11.1. The fourth-order valence-corrected chi connectivity index (χ4v) is 2.58. The van der Waals surface area contributed by atoms with Gasteiger partial charge in [0.1, 0.15) is 0 Å². The minimum absolute atomic E-state index is 0.721. The van der Waals surface area contributed by atoms with E-state index in [4.69, 9.17) is 16.6 Å². The van der Waals surface area contributed by atoms with E-state index in [2.05, 4.69) is 29.2 Å². The van der Waals surface area contributed by atoms with Gasteiger partial charge in [-0.15, -0.1) is 0 Å². The van der Waals surface area contributed by atoms with Crippen LogP contribution in [0.5, 0.6) is 0 Å². The summed E-state index contributed by atoms with van der Waals surface area (Å²) in [4.78, 5) is 9.25. The molecule has 0 spiro atoms. The summed E-state index contributed by atoms with van der Waals surface area (Å²) in [5.41, 5.74) is 3.68. The van der Waals surface area contributed by atoms with Crippen LogP contribution in [0.4, 0.5) is 0 Å². The average molecular weight is 291 g/mol. The topological polar surface area (TPSA) is 25.8 Å². The van der Waals surface area contributed by atoms with Crippen LogP contribution in [0, 0.1) is 0 Å². The predicted octanol–water partition coefficient (Wildman–Crippen LogP) is 5.10. The summed E-state index contributed by atoms with van der Waals surface area (Å²) in [6.07, 6.45) is 1.81. The molecule has 0 N–H and O–H groups in total. The molecule has 4 aromatic rings. The van der Waals surface area contributed by atoms with Crippen LogP contribution < -0.4 is 0 Å². The third kappa shape index (κ3) is 2.24. The quantitative estimate of drug-likeness (QED) is 0.456. The molecular formula is C18H11ClN2. The highest BCUT2D eigenvalue weighted by Gasteiger charge is 2.04. The second-order valence-electron chi connectivity index (χ2n) is 4.95. The number of rotatable bonds is 1. The highest BCUT2D eigenvalue weighted by molar-refractivity contribution is 6.30. The number of benzene rings is 3. The molecule has 0 atom stereocenters. The van der Waals surface area contributed by atoms with Gasteiger partial charge in [0.2, 0.25) is 0 Å². The normalized spacial score (nSPS) is 11.1. The number of fused-ring (bicyclic) bond motifs is 2. The Morgan fingerprint density at radius 3 is 2.14 bits per heavy atom. The Morgan fingerprint density at radius 2 is 1.43 bits per heavy atom. The zero-order chi connectivity index (χ0) is 14.2. The van der Waals surface area contributed by atoms with E-state index in [-0.39, 0.29) is 0 Å². The van der Waals surface area contributed by atoms with Crippen LogP contribution in [0.15, 0.2) is 66.9 Å². The van der Waals surface area contributed by atoms with Crippen LogP contribution in [0.3, 0.4) is 0 Å². The second kappa shape index (κ2) is 4.83. The standard InChI is InChI=1S/C18H11ClN2/c19-15-7-5-12(6-8-15)18-11-20-16-9-13-3-1-2-4-14(13)10-17(16)21-18/h1-11H. The van der Waals surface area contributed by atoms with Gasteiger partial charge in [-0.3, -0.25) is 4.98 Å². The first-order valence-corrected chi connectivity index (χ1v) is 7.09. The van der Waals surface area contributed by atoms with Crippen LogP contribution in [0.1, 0.15) is 0 Å². The van der Waals surface area contributed by atoms with E-state index in [9.17, 15) is 0 Å². The van der Waals surface area contributed by atoms with Crippen LogP contribution in [-0.2, 0) is 0 Å². The molecule has 21 heavy (non-hydrogen) atoms. The summed E-state index contributed by atoms with van der Waals surface area (Å²) < 4.78 is 0. The van der Waals surface area contributed by atoms with Crippen LogP contribution >= 0.6 is 11.6 Å². The molecule has 0 aliphatic heterocycles. The van der Waals surface area contributed by atoms with Gasteiger partial charge in [-0.05, 0) is 35.0 Å². The van der Waals surface area contributed by atoms with Gasteiger partial charge < -0.3 is 0 Å². The Labute approximate surface area is 127 Å². The molecule has 3 aromatic carbocycles. The van der Waals surface area contributed by atoms with Crippen molar-refractivity contribution in [2.45, 2.75) is 0 Å². The number of nitrogens with zero attached hydrogens (tertiary/aromatic N) is 2. The van der Waals surface area contributed by atoms with Gasteiger partial charge in [-0.2, -0.15) is 0 Å². The lowest BCUT2D eigenvalue weighted by Crippen LogP contribution is -1.89. The van der Waals surface area contributed by atoms with E-state index in [1.165, 1.54) is 10.8 Å². The van der Waals surface area contributed by atoms with Crippen LogP contribution in [0.2, 0.25) is 5.02 Å². The molecule has 1 heterocycles. The highest BCUT2D eigenvalue weighted by Crippen LogP contribution is 2.24. The van der Waals surface area contributed by atoms with Crippen molar-refractivity contribution in [2.24, 2.45) is 0 Å². The molecule has 0 radical (unpaired) electrons. The summed E-state index contributed by atoms with van der Waals surface area (Å²) in [5, 5.41) is 3.07. The van der Waals surface area contributed by atoms with Gasteiger partial charge in [-0.1, -0.05) is 48.0 Å². The molecule has 0 aliphatic carbocycles. The lowest BCUT2D eigenvalue weighted by Gasteiger charge is -2.04. The molecule has 0 amide bonds. The van der Waals surface area contributed by atoms with Crippen molar-refractivity contribution < 1.29 is 0 Å². The summed E-state index contributed by atoms with van der Waals surface area (Å²) in [7, 11) is 0. The van der Waals surface area contributed by atoms with Crippen molar-refractivity contribution in [1.82, 2.24) is 9.97 Å². The molecule has 100 valence electrons. The lowest BCUT2D eigenvalue weighted by molar-refractivity contribution is 1.30. The molecular weight excluding hydrogens is 280 g/mol. The van der Waals surface area contributed by atoms with Gasteiger partial charge >= 0.3 is 0 Å². The minimum atomic E-state index is 0.721. The largest absolute Gasteiger partial charge is 0.252 e. The molecule has 0 saturated heterocycles. The van der Waals surface area contributed by atoms with Crippen molar-refractivity contribution in [3.63, 3.8) is 0 Å². The Kier molecular flexibility index (Phi) is 2.83. The molecule has 2 nitrogen and oxygen atoms in total. The monoisotopic (exact) mass is 290 g/mol. The molecule has 0 unspecified atom stereocenters. The molecule has 0 fully saturated rings. The third-order valence-corrected chi connectivity index (χ3v) is 3.80. The summed E-state index contributed by atoms with van der Waals surface area (Å²) in [5.74, 6) is 0. The predicted molar refractivity (Wildman–Crippen MR) is 87.5 cm³/mol. The first kappa shape index (κ1) is 12.3.